The lowest BCUT2D eigenvalue weighted by atomic mass is 10.1. The Morgan fingerprint density at radius 2 is 1.92 bits per heavy atom. The van der Waals surface area contributed by atoms with E-state index >= 15 is 0 Å². The Hall–Kier alpha value is -1.56. The van der Waals surface area contributed by atoms with Gasteiger partial charge in [-0.3, -0.25) is 0 Å². The molecule has 0 heterocycles. The molecule has 0 amide bonds. The summed E-state index contributed by atoms with van der Waals surface area (Å²) in [6, 6.07) is 10.1. The third-order valence-corrected chi connectivity index (χ3v) is 1.77. The Labute approximate surface area is 79.9 Å². The molecule has 0 fully saturated rings. The van der Waals surface area contributed by atoms with E-state index in [-0.39, 0.29) is 0 Å². The van der Waals surface area contributed by atoms with Crippen LogP contribution in [0.15, 0.2) is 61.7 Å². The van der Waals surface area contributed by atoms with Gasteiger partial charge in [0, 0.05) is 0 Å². The fraction of sp³-hybridized carbons (Fsp3) is 0.0769. The molecule has 66 valence electrons. The summed E-state index contributed by atoms with van der Waals surface area (Å²) in [7, 11) is 0. The minimum Gasteiger partial charge on any atom is -0.103 e. The average Bonchev–Trinajstić information content (AvgIpc) is 2.19. The van der Waals surface area contributed by atoms with Gasteiger partial charge in [-0.1, -0.05) is 55.1 Å². The van der Waals surface area contributed by atoms with Gasteiger partial charge in [-0.25, -0.2) is 0 Å². The fourth-order valence-corrected chi connectivity index (χ4v) is 1.05. The van der Waals surface area contributed by atoms with Crippen LogP contribution in [-0.2, 0) is 0 Å². The van der Waals surface area contributed by atoms with Crippen molar-refractivity contribution in [3.63, 3.8) is 0 Å². The Balaban J connectivity index is 2.64. The van der Waals surface area contributed by atoms with Gasteiger partial charge < -0.3 is 0 Å². The highest BCUT2D eigenvalue weighted by molar-refractivity contribution is 5.71. The van der Waals surface area contributed by atoms with Crippen molar-refractivity contribution in [3.8, 4) is 0 Å². The van der Waals surface area contributed by atoms with Gasteiger partial charge in [-0.2, -0.15) is 0 Å². The molecular formula is C13H14. The Morgan fingerprint density at radius 1 is 1.23 bits per heavy atom. The molecule has 0 aliphatic carbocycles. The molecule has 0 N–H and O–H groups in total. The first-order valence-electron chi connectivity index (χ1n) is 4.36. The van der Waals surface area contributed by atoms with E-state index in [1.807, 2.05) is 30.4 Å². The van der Waals surface area contributed by atoms with Gasteiger partial charge in [0.2, 0.25) is 0 Å². The molecule has 0 unspecified atom stereocenters. The highest BCUT2D eigenvalue weighted by Crippen LogP contribution is 2.12. The molecule has 0 aliphatic rings. The normalized spacial score (nSPS) is 10.2. The van der Waals surface area contributed by atoms with E-state index in [4.69, 9.17) is 0 Å². The SMILES string of the molecule is C=CC/C=C/C(=C)c1ccccc1. The van der Waals surface area contributed by atoms with Crippen LogP contribution in [0.3, 0.4) is 0 Å². The van der Waals surface area contributed by atoms with E-state index in [2.05, 4.69) is 31.4 Å². The van der Waals surface area contributed by atoms with Crippen molar-refractivity contribution in [2.45, 2.75) is 6.42 Å². The van der Waals surface area contributed by atoms with Crippen LogP contribution in [0.25, 0.3) is 5.57 Å². The average molecular weight is 170 g/mol. The minimum absolute atomic E-state index is 0.895. The molecule has 0 nitrogen and oxygen atoms in total. The summed E-state index contributed by atoms with van der Waals surface area (Å²) in [5, 5.41) is 0. The zero-order chi connectivity index (χ0) is 9.52. The van der Waals surface area contributed by atoms with Crippen LogP contribution in [0.2, 0.25) is 0 Å². The molecule has 1 aromatic rings. The maximum Gasteiger partial charge on any atom is -0.0169 e. The standard InChI is InChI=1S/C13H14/c1-3-4-6-9-12(2)13-10-7-5-8-11-13/h3,5-11H,1-2,4H2/b9-6+. The van der Waals surface area contributed by atoms with Crippen LogP contribution in [0, 0.1) is 0 Å². The lowest BCUT2D eigenvalue weighted by Gasteiger charge is -1.98. The van der Waals surface area contributed by atoms with Crippen LogP contribution >= 0.6 is 0 Å². The molecule has 1 rings (SSSR count). The maximum atomic E-state index is 3.98. The van der Waals surface area contributed by atoms with Crippen molar-refractivity contribution in [3.05, 3.63) is 67.3 Å². The van der Waals surface area contributed by atoms with E-state index in [9.17, 15) is 0 Å². The zero-order valence-corrected chi connectivity index (χ0v) is 7.74. The molecule has 0 radical (unpaired) electrons. The second-order valence-corrected chi connectivity index (χ2v) is 2.82. The highest BCUT2D eigenvalue weighted by Gasteiger charge is 1.90. The lowest BCUT2D eigenvalue weighted by molar-refractivity contribution is 1.41. The third kappa shape index (κ3) is 3.12. The predicted molar refractivity (Wildman–Crippen MR) is 59.4 cm³/mol. The molecule has 0 spiro atoms. The van der Waals surface area contributed by atoms with E-state index in [0.29, 0.717) is 0 Å². The largest absolute Gasteiger partial charge is 0.103 e. The topological polar surface area (TPSA) is 0 Å². The van der Waals surface area contributed by atoms with Gasteiger partial charge >= 0.3 is 0 Å². The third-order valence-electron chi connectivity index (χ3n) is 1.77. The molecule has 13 heavy (non-hydrogen) atoms. The summed E-state index contributed by atoms with van der Waals surface area (Å²) in [4.78, 5) is 0. The Bertz CT molecular complexity index is 304. The summed E-state index contributed by atoms with van der Waals surface area (Å²) in [6.45, 7) is 7.63. The van der Waals surface area contributed by atoms with Crippen molar-refractivity contribution in [1.29, 1.82) is 0 Å². The molecule has 0 aliphatic heterocycles. The van der Waals surface area contributed by atoms with Crippen LogP contribution in [0.1, 0.15) is 12.0 Å². The van der Waals surface area contributed by atoms with Gasteiger partial charge in [0.15, 0.2) is 0 Å². The van der Waals surface area contributed by atoms with Crippen molar-refractivity contribution >= 4 is 5.57 Å². The molecule has 0 atom stereocenters. The molecule has 0 saturated carbocycles. The number of rotatable bonds is 4. The van der Waals surface area contributed by atoms with Crippen LogP contribution in [0.4, 0.5) is 0 Å². The first-order valence-corrected chi connectivity index (χ1v) is 4.36. The summed E-state index contributed by atoms with van der Waals surface area (Å²) in [5.74, 6) is 0. The van der Waals surface area contributed by atoms with E-state index in [1.54, 1.807) is 0 Å². The fourth-order valence-electron chi connectivity index (χ4n) is 1.05. The predicted octanol–water partition coefficient (Wildman–Crippen LogP) is 3.83. The second kappa shape index (κ2) is 5.15. The molecule has 1 aromatic carbocycles. The molecule has 0 saturated heterocycles. The summed E-state index contributed by atoms with van der Waals surface area (Å²) < 4.78 is 0. The van der Waals surface area contributed by atoms with Gasteiger partial charge in [0.25, 0.3) is 0 Å². The van der Waals surface area contributed by atoms with Gasteiger partial charge in [0.1, 0.15) is 0 Å². The molecule has 0 heteroatoms. The van der Waals surface area contributed by atoms with Crippen LogP contribution in [-0.4, -0.2) is 0 Å². The Kier molecular flexibility index (Phi) is 3.77. The second-order valence-electron chi connectivity index (χ2n) is 2.82. The van der Waals surface area contributed by atoms with E-state index in [1.165, 1.54) is 5.56 Å². The number of hydrogen-bond donors (Lipinski definition) is 0. The molecular weight excluding hydrogens is 156 g/mol. The molecule has 0 aromatic heterocycles. The quantitative estimate of drug-likeness (QED) is 0.476. The van der Waals surface area contributed by atoms with Crippen molar-refractivity contribution in [1.82, 2.24) is 0 Å². The van der Waals surface area contributed by atoms with Gasteiger partial charge in [-0.15, -0.1) is 6.58 Å². The smallest absolute Gasteiger partial charge is 0.0169 e. The maximum absolute atomic E-state index is 3.98. The van der Waals surface area contributed by atoms with Gasteiger partial charge in [0.05, 0.1) is 0 Å². The summed E-state index contributed by atoms with van der Waals surface area (Å²) in [5.41, 5.74) is 2.21. The number of benzene rings is 1. The van der Waals surface area contributed by atoms with E-state index < -0.39 is 0 Å². The van der Waals surface area contributed by atoms with Gasteiger partial charge in [-0.05, 0) is 17.6 Å². The summed E-state index contributed by atoms with van der Waals surface area (Å²) >= 11 is 0. The first-order chi connectivity index (χ1) is 6.34. The summed E-state index contributed by atoms with van der Waals surface area (Å²) in [6.07, 6.45) is 6.85. The first kappa shape index (κ1) is 9.53. The monoisotopic (exact) mass is 170 g/mol. The van der Waals surface area contributed by atoms with Crippen molar-refractivity contribution in [2.75, 3.05) is 0 Å². The minimum atomic E-state index is 0.895. The van der Waals surface area contributed by atoms with E-state index in [0.717, 1.165) is 12.0 Å². The van der Waals surface area contributed by atoms with Crippen molar-refractivity contribution in [2.24, 2.45) is 0 Å². The molecule has 0 bridgehead atoms. The number of allylic oxidation sites excluding steroid dienone is 4. The number of hydrogen-bond acceptors (Lipinski definition) is 0. The van der Waals surface area contributed by atoms with Crippen molar-refractivity contribution < 1.29 is 0 Å². The lowest BCUT2D eigenvalue weighted by Crippen LogP contribution is -1.76. The van der Waals surface area contributed by atoms with Crippen LogP contribution in [0.5, 0.6) is 0 Å². The van der Waals surface area contributed by atoms with Crippen LogP contribution < -0.4 is 0 Å². The zero-order valence-electron chi connectivity index (χ0n) is 7.74. The highest BCUT2D eigenvalue weighted by atomic mass is 14.0. The Morgan fingerprint density at radius 3 is 2.54 bits per heavy atom.